The molecule has 17 heavy (non-hydrogen) atoms. The predicted octanol–water partition coefficient (Wildman–Crippen LogP) is 3.69. The first kappa shape index (κ1) is 12.0. The zero-order valence-electron chi connectivity index (χ0n) is 12.0. The average Bonchev–Trinajstić information content (AvgIpc) is 2.25. The molecule has 0 aromatic heterocycles. The standard InChI is InChI=1S/C16H29N/c1-10(17-4)16(2,3)15-13-6-11-5-12(8-13)9-14(15)7-11/h10-15,17H,5-9H2,1-4H3. The van der Waals surface area contributed by atoms with Crippen molar-refractivity contribution >= 4 is 0 Å². The van der Waals surface area contributed by atoms with Gasteiger partial charge in [0.15, 0.2) is 0 Å². The Hall–Kier alpha value is -0.0400. The SMILES string of the molecule is CNC(C)C(C)(C)C1C2CC3CC(C2)CC1C3. The molecule has 0 radical (unpaired) electrons. The molecule has 98 valence electrons. The number of hydrogen-bond acceptors (Lipinski definition) is 1. The first-order chi connectivity index (χ1) is 8.02. The van der Waals surface area contributed by atoms with E-state index in [0.717, 1.165) is 29.6 Å². The van der Waals surface area contributed by atoms with Gasteiger partial charge in [0.05, 0.1) is 0 Å². The van der Waals surface area contributed by atoms with E-state index >= 15 is 0 Å². The van der Waals surface area contributed by atoms with Crippen LogP contribution >= 0.6 is 0 Å². The zero-order chi connectivity index (χ0) is 12.2. The molecule has 0 amide bonds. The van der Waals surface area contributed by atoms with Crippen molar-refractivity contribution in [3.05, 3.63) is 0 Å². The number of hydrogen-bond donors (Lipinski definition) is 1. The number of rotatable bonds is 3. The molecule has 4 aliphatic carbocycles. The maximum atomic E-state index is 3.51. The molecule has 4 rings (SSSR count). The maximum Gasteiger partial charge on any atom is 0.00897 e. The van der Waals surface area contributed by atoms with E-state index < -0.39 is 0 Å². The molecular formula is C16H29N. The summed E-state index contributed by atoms with van der Waals surface area (Å²) in [6.45, 7) is 7.41. The number of nitrogens with one attached hydrogen (secondary N) is 1. The second-order valence-corrected chi connectivity index (χ2v) is 7.79. The fourth-order valence-electron chi connectivity index (χ4n) is 5.80. The van der Waals surface area contributed by atoms with Gasteiger partial charge in [-0.1, -0.05) is 13.8 Å². The van der Waals surface area contributed by atoms with Gasteiger partial charge in [0.25, 0.3) is 0 Å². The first-order valence-electron chi connectivity index (χ1n) is 7.69. The molecule has 1 heteroatoms. The molecule has 0 aliphatic heterocycles. The van der Waals surface area contributed by atoms with Crippen molar-refractivity contribution in [2.24, 2.45) is 35.0 Å². The average molecular weight is 235 g/mol. The molecule has 1 atom stereocenters. The van der Waals surface area contributed by atoms with Gasteiger partial charge in [-0.05, 0) is 81.1 Å². The van der Waals surface area contributed by atoms with Crippen molar-refractivity contribution in [3.8, 4) is 0 Å². The molecule has 0 spiro atoms. The van der Waals surface area contributed by atoms with Gasteiger partial charge in [-0.3, -0.25) is 0 Å². The molecular weight excluding hydrogens is 206 g/mol. The summed E-state index contributed by atoms with van der Waals surface area (Å²) in [5.41, 5.74) is 0.470. The van der Waals surface area contributed by atoms with Crippen LogP contribution in [0.4, 0.5) is 0 Å². The third-order valence-corrected chi connectivity index (χ3v) is 6.63. The molecule has 0 heterocycles. The summed E-state index contributed by atoms with van der Waals surface area (Å²) < 4.78 is 0. The first-order valence-corrected chi connectivity index (χ1v) is 7.69. The molecule has 0 aromatic rings. The lowest BCUT2D eigenvalue weighted by Gasteiger charge is -2.60. The molecule has 4 aliphatic rings. The van der Waals surface area contributed by atoms with Crippen molar-refractivity contribution in [1.29, 1.82) is 0 Å². The fraction of sp³-hybridized carbons (Fsp3) is 1.00. The van der Waals surface area contributed by atoms with E-state index in [4.69, 9.17) is 0 Å². The molecule has 1 unspecified atom stereocenters. The molecule has 4 saturated carbocycles. The van der Waals surface area contributed by atoms with Crippen LogP contribution in [0.2, 0.25) is 0 Å². The normalized spacial score (nSPS) is 46.2. The quantitative estimate of drug-likeness (QED) is 0.786. The largest absolute Gasteiger partial charge is 0.317 e. The Kier molecular flexibility index (Phi) is 2.81. The summed E-state index contributed by atoms with van der Waals surface area (Å²) in [5, 5.41) is 3.51. The van der Waals surface area contributed by atoms with Crippen molar-refractivity contribution in [2.75, 3.05) is 7.05 Å². The van der Waals surface area contributed by atoms with Gasteiger partial charge in [0.2, 0.25) is 0 Å². The molecule has 0 aromatic carbocycles. The highest BCUT2D eigenvalue weighted by Crippen LogP contribution is 2.61. The van der Waals surface area contributed by atoms with Crippen LogP contribution < -0.4 is 5.32 Å². The van der Waals surface area contributed by atoms with Crippen molar-refractivity contribution < 1.29 is 0 Å². The summed E-state index contributed by atoms with van der Waals surface area (Å²) >= 11 is 0. The van der Waals surface area contributed by atoms with E-state index in [-0.39, 0.29) is 0 Å². The fourth-order valence-corrected chi connectivity index (χ4v) is 5.80. The Morgan fingerprint density at radius 1 is 0.941 bits per heavy atom. The Labute approximate surface area is 107 Å². The zero-order valence-corrected chi connectivity index (χ0v) is 12.0. The van der Waals surface area contributed by atoms with Crippen LogP contribution in [0.15, 0.2) is 0 Å². The van der Waals surface area contributed by atoms with Gasteiger partial charge in [0.1, 0.15) is 0 Å². The lowest BCUT2D eigenvalue weighted by Crippen LogP contribution is -2.55. The molecule has 0 saturated heterocycles. The van der Waals surface area contributed by atoms with Crippen LogP contribution in [-0.4, -0.2) is 13.1 Å². The minimum atomic E-state index is 0.470. The lowest BCUT2D eigenvalue weighted by molar-refractivity contribution is -0.0944. The van der Waals surface area contributed by atoms with Gasteiger partial charge in [0, 0.05) is 6.04 Å². The minimum Gasteiger partial charge on any atom is -0.317 e. The Morgan fingerprint density at radius 2 is 1.41 bits per heavy atom. The summed E-state index contributed by atoms with van der Waals surface area (Å²) in [6, 6.07) is 0.644. The Bertz CT molecular complexity index is 266. The summed E-state index contributed by atoms with van der Waals surface area (Å²) in [4.78, 5) is 0. The molecule has 4 bridgehead atoms. The Morgan fingerprint density at radius 3 is 1.82 bits per heavy atom. The van der Waals surface area contributed by atoms with E-state index in [0.29, 0.717) is 11.5 Å². The van der Waals surface area contributed by atoms with Crippen LogP contribution in [0, 0.1) is 35.0 Å². The Balaban J connectivity index is 1.84. The molecule has 4 fully saturated rings. The van der Waals surface area contributed by atoms with Gasteiger partial charge in [-0.25, -0.2) is 0 Å². The van der Waals surface area contributed by atoms with Gasteiger partial charge in [-0.15, -0.1) is 0 Å². The van der Waals surface area contributed by atoms with Crippen LogP contribution in [0.3, 0.4) is 0 Å². The van der Waals surface area contributed by atoms with E-state index in [2.05, 4.69) is 33.1 Å². The van der Waals surface area contributed by atoms with Crippen molar-refractivity contribution in [1.82, 2.24) is 5.32 Å². The van der Waals surface area contributed by atoms with Crippen LogP contribution in [-0.2, 0) is 0 Å². The third-order valence-electron chi connectivity index (χ3n) is 6.63. The van der Waals surface area contributed by atoms with Crippen LogP contribution in [0.1, 0.15) is 52.9 Å². The minimum absolute atomic E-state index is 0.470. The lowest BCUT2D eigenvalue weighted by atomic mass is 9.46. The van der Waals surface area contributed by atoms with Gasteiger partial charge >= 0.3 is 0 Å². The predicted molar refractivity (Wildman–Crippen MR) is 72.8 cm³/mol. The van der Waals surface area contributed by atoms with E-state index in [1.165, 1.54) is 0 Å². The van der Waals surface area contributed by atoms with Gasteiger partial charge in [-0.2, -0.15) is 0 Å². The monoisotopic (exact) mass is 235 g/mol. The highest BCUT2D eigenvalue weighted by molar-refractivity contribution is 5.04. The van der Waals surface area contributed by atoms with Crippen molar-refractivity contribution in [3.63, 3.8) is 0 Å². The van der Waals surface area contributed by atoms with Crippen LogP contribution in [0.25, 0.3) is 0 Å². The van der Waals surface area contributed by atoms with E-state index in [1.807, 2.05) is 0 Å². The molecule has 1 nitrogen and oxygen atoms in total. The highest BCUT2D eigenvalue weighted by atomic mass is 14.9. The molecule has 1 N–H and O–H groups in total. The van der Waals surface area contributed by atoms with E-state index in [1.54, 1.807) is 32.1 Å². The van der Waals surface area contributed by atoms with Gasteiger partial charge < -0.3 is 5.32 Å². The third kappa shape index (κ3) is 1.77. The topological polar surface area (TPSA) is 12.0 Å². The second-order valence-electron chi connectivity index (χ2n) is 7.79. The highest BCUT2D eigenvalue weighted by Gasteiger charge is 2.53. The summed E-state index contributed by atoms with van der Waals surface area (Å²) in [5.74, 6) is 5.30. The summed E-state index contributed by atoms with van der Waals surface area (Å²) in [6.07, 6.45) is 7.78. The smallest absolute Gasteiger partial charge is 0.00897 e. The maximum absolute atomic E-state index is 3.51. The van der Waals surface area contributed by atoms with Crippen molar-refractivity contribution in [2.45, 2.75) is 58.9 Å². The second kappa shape index (κ2) is 3.98. The van der Waals surface area contributed by atoms with Crippen LogP contribution in [0.5, 0.6) is 0 Å². The van der Waals surface area contributed by atoms with E-state index in [9.17, 15) is 0 Å². The summed E-state index contributed by atoms with van der Waals surface area (Å²) in [7, 11) is 2.13.